The highest BCUT2D eigenvalue weighted by Crippen LogP contribution is 2.45. The fraction of sp³-hybridized carbons (Fsp3) is 0.278. The van der Waals surface area contributed by atoms with Crippen molar-refractivity contribution in [2.75, 3.05) is 11.9 Å². The Balaban J connectivity index is 1.79. The van der Waals surface area contributed by atoms with Crippen LogP contribution >= 0.6 is 0 Å². The molecular formula is C18H17NO6S. The van der Waals surface area contributed by atoms with E-state index in [0.717, 1.165) is 11.1 Å². The van der Waals surface area contributed by atoms with Gasteiger partial charge in [0.25, 0.3) is 10.1 Å². The van der Waals surface area contributed by atoms with Crippen LogP contribution in [0, 0.1) is 13.8 Å². The van der Waals surface area contributed by atoms with Crippen LogP contribution in [-0.4, -0.2) is 25.5 Å². The van der Waals surface area contributed by atoms with E-state index in [1.54, 1.807) is 25.1 Å². The molecule has 4 rings (SSSR count). The average molecular weight is 375 g/mol. The third kappa shape index (κ3) is 2.62. The Hall–Kier alpha value is -2.58. The maximum atomic E-state index is 11.7. The van der Waals surface area contributed by atoms with Crippen LogP contribution in [0.2, 0.25) is 0 Å². The van der Waals surface area contributed by atoms with Crippen LogP contribution in [0.4, 0.5) is 5.69 Å². The maximum Gasteiger partial charge on any atom is 0.294 e. The van der Waals surface area contributed by atoms with E-state index in [-0.39, 0.29) is 23.8 Å². The molecule has 2 heterocycles. The molecule has 0 saturated carbocycles. The molecule has 7 nitrogen and oxygen atoms in total. The van der Waals surface area contributed by atoms with Gasteiger partial charge in [0, 0.05) is 16.8 Å². The van der Waals surface area contributed by atoms with Crippen molar-refractivity contribution in [1.82, 2.24) is 0 Å². The number of rotatable bonds is 2. The van der Waals surface area contributed by atoms with Crippen molar-refractivity contribution in [1.29, 1.82) is 0 Å². The van der Waals surface area contributed by atoms with Gasteiger partial charge in [-0.1, -0.05) is 6.07 Å². The number of hydrogen-bond acceptors (Lipinski definition) is 5. The van der Waals surface area contributed by atoms with Gasteiger partial charge in [0.05, 0.1) is 11.3 Å². The second-order valence-electron chi connectivity index (χ2n) is 6.46. The lowest BCUT2D eigenvalue weighted by Gasteiger charge is -2.30. The first-order valence-corrected chi connectivity index (χ1v) is 9.52. The number of amides is 1. The number of hydrogen-bond donors (Lipinski definition) is 2. The Morgan fingerprint density at radius 2 is 1.96 bits per heavy atom. The molecule has 1 atom stereocenters. The summed E-state index contributed by atoms with van der Waals surface area (Å²) >= 11 is 0. The van der Waals surface area contributed by atoms with E-state index in [1.807, 2.05) is 6.92 Å². The summed E-state index contributed by atoms with van der Waals surface area (Å²) in [5.74, 6) is 0.936. The molecule has 0 bridgehead atoms. The first kappa shape index (κ1) is 16.9. The molecule has 0 unspecified atom stereocenters. The van der Waals surface area contributed by atoms with Gasteiger partial charge in [0.2, 0.25) is 5.91 Å². The van der Waals surface area contributed by atoms with Crippen LogP contribution in [0.5, 0.6) is 11.5 Å². The molecule has 0 spiro atoms. The van der Waals surface area contributed by atoms with Crippen molar-refractivity contribution < 1.29 is 27.2 Å². The number of benzene rings is 2. The minimum absolute atomic E-state index is 0.111. The average Bonchev–Trinajstić information content (AvgIpc) is 2.94. The van der Waals surface area contributed by atoms with Crippen molar-refractivity contribution >= 4 is 21.7 Å². The second kappa shape index (κ2) is 5.72. The van der Waals surface area contributed by atoms with Crippen molar-refractivity contribution in [2.45, 2.75) is 31.3 Å². The third-order valence-corrected chi connectivity index (χ3v) is 5.77. The third-order valence-electron chi connectivity index (χ3n) is 4.77. The number of carbonyl (C=O) groups excluding carboxylic acids is 1. The molecule has 26 heavy (non-hydrogen) atoms. The summed E-state index contributed by atoms with van der Waals surface area (Å²) in [6, 6.07) is 6.52. The van der Waals surface area contributed by atoms with E-state index in [0.29, 0.717) is 28.3 Å². The summed E-state index contributed by atoms with van der Waals surface area (Å²) in [7, 11) is -4.34. The summed E-state index contributed by atoms with van der Waals surface area (Å²) in [4.78, 5) is 11.5. The molecule has 2 aliphatic rings. The zero-order valence-electron chi connectivity index (χ0n) is 14.2. The number of nitrogens with one attached hydrogen (secondary N) is 1. The first-order valence-electron chi connectivity index (χ1n) is 8.08. The summed E-state index contributed by atoms with van der Waals surface area (Å²) in [5, 5.41) is 2.77. The minimum atomic E-state index is -4.34. The fourth-order valence-corrected chi connectivity index (χ4v) is 4.34. The van der Waals surface area contributed by atoms with Gasteiger partial charge < -0.3 is 14.8 Å². The van der Waals surface area contributed by atoms with Crippen molar-refractivity contribution in [3.05, 3.63) is 46.5 Å². The quantitative estimate of drug-likeness (QED) is 0.782. The number of anilines is 1. The fourth-order valence-electron chi connectivity index (χ4n) is 3.60. The summed E-state index contributed by atoms with van der Waals surface area (Å²) < 4.78 is 44.7. The second-order valence-corrected chi connectivity index (χ2v) is 7.85. The molecule has 136 valence electrons. The van der Waals surface area contributed by atoms with Crippen LogP contribution < -0.4 is 14.8 Å². The molecule has 0 saturated heterocycles. The van der Waals surface area contributed by atoms with Crippen molar-refractivity contribution in [3.63, 3.8) is 0 Å². The largest absolute Gasteiger partial charge is 0.485 e. The van der Waals surface area contributed by atoms with Crippen LogP contribution in [0.15, 0.2) is 29.2 Å². The normalized spacial score (nSPS) is 18.4. The zero-order valence-corrected chi connectivity index (χ0v) is 15.0. The lowest BCUT2D eigenvalue weighted by molar-refractivity contribution is -0.115. The van der Waals surface area contributed by atoms with Gasteiger partial charge in [-0.3, -0.25) is 9.35 Å². The standard InChI is InChI=1S/C18H17NO6S/c1-9-3-6-15(26(21,22)23)10(2)17(9)14-8-24-13-5-4-12-11(18(13)25-14)7-16(20)19-12/h3-6,14H,7-8H2,1-2H3,(H,19,20)(H,21,22,23)/t14-/m0/s1. The molecule has 2 N–H and O–H groups in total. The number of carbonyl (C=O) groups is 1. The molecule has 1 amide bonds. The topological polar surface area (TPSA) is 102 Å². The van der Waals surface area contributed by atoms with Crippen LogP contribution in [0.1, 0.15) is 28.4 Å². The van der Waals surface area contributed by atoms with Crippen molar-refractivity contribution in [3.8, 4) is 11.5 Å². The molecule has 0 radical (unpaired) electrons. The molecule has 0 fully saturated rings. The summed E-state index contributed by atoms with van der Waals surface area (Å²) in [6.07, 6.45) is -0.344. The van der Waals surface area contributed by atoms with E-state index in [4.69, 9.17) is 9.47 Å². The van der Waals surface area contributed by atoms with Crippen LogP contribution in [0.25, 0.3) is 0 Å². The Kier molecular flexibility index (Phi) is 3.71. The molecule has 2 aromatic rings. The molecule has 2 aliphatic heterocycles. The van der Waals surface area contributed by atoms with Crippen LogP contribution in [0.3, 0.4) is 0 Å². The predicted octanol–water partition coefficient (Wildman–Crippen LogP) is 2.56. The van der Waals surface area contributed by atoms with Crippen LogP contribution in [-0.2, 0) is 21.3 Å². The van der Waals surface area contributed by atoms with E-state index in [1.165, 1.54) is 6.07 Å². The SMILES string of the molecule is Cc1ccc(S(=O)(=O)O)c(C)c1[C@@H]1COc2ccc3c(c2O1)CC(=O)N3. The Labute approximate surface area is 150 Å². The van der Waals surface area contributed by atoms with E-state index >= 15 is 0 Å². The smallest absolute Gasteiger partial charge is 0.294 e. The summed E-state index contributed by atoms with van der Waals surface area (Å²) in [6.45, 7) is 3.67. The van der Waals surface area contributed by atoms with Crippen molar-refractivity contribution in [2.24, 2.45) is 0 Å². The Bertz CT molecular complexity index is 1040. The predicted molar refractivity (Wildman–Crippen MR) is 93.4 cm³/mol. The maximum absolute atomic E-state index is 11.7. The Morgan fingerprint density at radius 1 is 1.19 bits per heavy atom. The van der Waals surface area contributed by atoms with Gasteiger partial charge in [-0.2, -0.15) is 8.42 Å². The van der Waals surface area contributed by atoms with Gasteiger partial charge >= 0.3 is 0 Å². The number of ether oxygens (including phenoxy) is 2. The highest BCUT2D eigenvalue weighted by Gasteiger charge is 2.32. The number of aryl methyl sites for hydroxylation is 1. The van der Waals surface area contributed by atoms with E-state index < -0.39 is 16.2 Å². The highest BCUT2D eigenvalue weighted by molar-refractivity contribution is 7.85. The molecular weight excluding hydrogens is 358 g/mol. The molecule has 8 heteroatoms. The van der Waals surface area contributed by atoms with E-state index in [2.05, 4.69) is 5.32 Å². The first-order chi connectivity index (χ1) is 12.3. The van der Waals surface area contributed by atoms with Gasteiger partial charge in [-0.15, -0.1) is 0 Å². The Morgan fingerprint density at radius 3 is 2.69 bits per heavy atom. The lowest BCUT2D eigenvalue weighted by Crippen LogP contribution is -2.24. The van der Waals surface area contributed by atoms with Gasteiger partial charge in [-0.05, 0) is 43.2 Å². The monoisotopic (exact) mass is 375 g/mol. The molecule has 0 aliphatic carbocycles. The molecule has 2 aromatic carbocycles. The van der Waals surface area contributed by atoms with E-state index in [9.17, 15) is 17.8 Å². The number of fused-ring (bicyclic) bond motifs is 3. The highest BCUT2D eigenvalue weighted by atomic mass is 32.2. The zero-order chi connectivity index (χ0) is 18.6. The van der Waals surface area contributed by atoms with Gasteiger partial charge in [0.15, 0.2) is 17.6 Å². The molecule has 0 aromatic heterocycles. The minimum Gasteiger partial charge on any atom is -0.485 e. The van der Waals surface area contributed by atoms with Gasteiger partial charge in [-0.25, -0.2) is 0 Å². The summed E-state index contributed by atoms with van der Waals surface area (Å²) in [5.41, 5.74) is 3.33. The lowest BCUT2D eigenvalue weighted by atomic mass is 9.97. The van der Waals surface area contributed by atoms with Gasteiger partial charge in [0.1, 0.15) is 6.61 Å².